The molecule has 8 rings (SSSR count). The maximum Gasteiger partial charge on any atom is 0.237 e. The second-order valence-corrected chi connectivity index (χ2v) is 19.2. The molecule has 0 bridgehead atoms. The summed E-state index contributed by atoms with van der Waals surface area (Å²) >= 11 is 0. The van der Waals surface area contributed by atoms with Crippen LogP contribution in [0.15, 0.2) is 0 Å². The van der Waals surface area contributed by atoms with Gasteiger partial charge in [0, 0.05) is 18.5 Å². The van der Waals surface area contributed by atoms with Crippen LogP contribution in [0.5, 0.6) is 0 Å². The van der Waals surface area contributed by atoms with Gasteiger partial charge in [0.2, 0.25) is 5.91 Å². The lowest BCUT2D eigenvalue weighted by Crippen LogP contribution is -2.60. The molecule has 47 heavy (non-hydrogen) atoms. The number of aliphatic hydroxyl groups excluding tert-OH is 2. The number of rotatable bonds is 5. The summed E-state index contributed by atoms with van der Waals surface area (Å²) in [5.41, 5.74) is -1.00. The van der Waals surface area contributed by atoms with E-state index in [0.717, 1.165) is 45.2 Å². The first-order valence-corrected chi connectivity index (χ1v) is 19.0. The minimum Gasteiger partial charge on any atom is -0.390 e. The molecule has 8 fully saturated rings. The van der Waals surface area contributed by atoms with Crippen LogP contribution >= 0.6 is 0 Å². The fraction of sp³-hybridized carbons (Fsp3) is 0.974. The van der Waals surface area contributed by atoms with Crippen molar-refractivity contribution in [1.82, 2.24) is 10.2 Å². The fourth-order valence-electron chi connectivity index (χ4n) is 14.3. The summed E-state index contributed by atoms with van der Waals surface area (Å²) in [7, 11) is 0. The van der Waals surface area contributed by atoms with Crippen LogP contribution in [0.3, 0.4) is 0 Å². The Bertz CT molecular complexity index is 1270. The summed E-state index contributed by atoms with van der Waals surface area (Å²) in [6.07, 6.45) is 7.10. The van der Waals surface area contributed by atoms with Gasteiger partial charge < -0.3 is 34.8 Å². The van der Waals surface area contributed by atoms with E-state index in [4.69, 9.17) is 14.2 Å². The van der Waals surface area contributed by atoms with Gasteiger partial charge in [0.1, 0.15) is 6.10 Å². The van der Waals surface area contributed by atoms with Gasteiger partial charge in [-0.05, 0) is 117 Å². The van der Waals surface area contributed by atoms with Crippen molar-refractivity contribution >= 4 is 5.91 Å². The number of amides is 1. The van der Waals surface area contributed by atoms with Crippen LogP contribution in [0.25, 0.3) is 0 Å². The molecular formula is C38H62N2O7. The van der Waals surface area contributed by atoms with E-state index >= 15 is 0 Å². The van der Waals surface area contributed by atoms with Crippen molar-refractivity contribution in [2.45, 2.75) is 155 Å². The van der Waals surface area contributed by atoms with Gasteiger partial charge in [0.15, 0.2) is 6.29 Å². The van der Waals surface area contributed by atoms with Crippen LogP contribution in [-0.2, 0) is 19.0 Å². The number of morpholine rings is 1. The van der Waals surface area contributed by atoms with Gasteiger partial charge >= 0.3 is 0 Å². The van der Waals surface area contributed by atoms with Crippen molar-refractivity contribution in [3.05, 3.63) is 0 Å². The highest BCUT2D eigenvalue weighted by molar-refractivity contribution is 5.83. The summed E-state index contributed by atoms with van der Waals surface area (Å²) in [4.78, 5) is 14.7. The van der Waals surface area contributed by atoms with E-state index in [0.29, 0.717) is 42.7 Å². The molecule has 0 aromatic carbocycles. The third kappa shape index (κ3) is 4.35. The summed E-state index contributed by atoms with van der Waals surface area (Å²) < 4.78 is 19.7. The van der Waals surface area contributed by atoms with Crippen LogP contribution in [0.4, 0.5) is 0 Å². The first kappa shape index (κ1) is 33.3. The highest BCUT2D eigenvalue weighted by Gasteiger charge is 2.84. The molecule has 5 aliphatic carbocycles. The van der Waals surface area contributed by atoms with E-state index in [9.17, 15) is 20.1 Å². The number of fused-ring (bicyclic) bond motifs is 4. The molecule has 15 atom stereocenters. The SMILES string of the molecule is CC1CC([C@H](O)C(C)(C)O)OC2C1[C@@]1(C)CCC34C[C@@]35CC[C@H](OC3CN([C@@H]6CCNC6=O)CCO3)C(C)(C)[C@@H]5CC[C@H]4[C@]1(C)[C@H]2O. The summed E-state index contributed by atoms with van der Waals surface area (Å²) in [6, 6.07) is -0.0618. The summed E-state index contributed by atoms with van der Waals surface area (Å²) in [5.74, 6) is 1.69. The molecule has 2 spiro atoms. The predicted molar refractivity (Wildman–Crippen MR) is 176 cm³/mol. The Morgan fingerprint density at radius 1 is 1.04 bits per heavy atom. The average molecular weight is 659 g/mol. The number of hydrogen-bond donors (Lipinski definition) is 4. The van der Waals surface area contributed by atoms with Crippen LogP contribution in [0.1, 0.15) is 106 Å². The first-order chi connectivity index (χ1) is 22.0. The Hall–Kier alpha value is -0.810. The molecule has 3 heterocycles. The average Bonchev–Trinajstić information content (AvgIpc) is 3.41. The lowest BCUT2D eigenvalue weighted by atomic mass is 9.41. The molecule has 3 aliphatic heterocycles. The molecule has 4 N–H and O–H groups in total. The number of hydrogen-bond acceptors (Lipinski definition) is 8. The first-order valence-electron chi connectivity index (χ1n) is 19.0. The summed E-state index contributed by atoms with van der Waals surface area (Å²) in [5, 5.41) is 37.1. The molecule has 8 aliphatic rings. The zero-order valence-electron chi connectivity index (χ0n) is 30.0. The van der Waals surface area contributed by atoms with Crippen molar-refractivity contribution in [2.24, 2.45) is 50.7 Å². The fourth-order valence-corrected chi connectivity index (χ4v) is 14.3. The van der Waals surface area contributed by atoms with Crippen molar-refractivity contribution in [3.8, 4) is 0 Å². The number of ether oxygens (including phenoxy) is 3. The van der Waals surface area contributed by atoms with E-state index in [2.05, 4.69) is 44.8 Å². The molecule has 0 radical (unpaired) electrons. The van der Waals surface area contributed by atoms with Gasteiger partial charge in [0.25, 0.3) is 0 Å². The number of aliphatic hydroxyl groups is 3. The Labute approximate surface area is 281 Å². The van der Waals surface area contributed by atoms with Gasteiger partial charge in [-0.25, -0.2) is 0 Å². The van der Waals surface area contributed by atoms with Crippen LogP contribution < -0.4 is 5.32 Å². The second kappa shape index (κ2) is 10.6. The van der Waals surface area contributed by atoms with E-state index in [1.807, 2.05) is 0 Å². The smallest absolute Gasteiger partial charge is 0.237 e. The van der Waals surface area contributed by atoms with Gasteiger partial charge in [-0.3, -0.25) is 9.69 Å². The summed E-state index contributed by atoms with van der Waals surface area (Å²) in [6.45, 7) is 18.1. The Morgan fingerprint density at radius 3 is 2.47 bits per heavy atom. The van der Waals surface area contributed by atoms with E-state index in [1.54, 1.807) is 13.8 Å². The third-order valence-corrected chi connectivity index (χ3v) is 16.7. The molecule has 266 valence electrons. The molecule has 9 heteroatoms. The molecule has 5 saturated carbocycles. The Kier molecular flexibility index (Phi) is 7.53. The quantitative estimate of drug-likeness (QED) is 0.352. The van der Waals surface area contributed by atoms with Gasteiger partial charge in [-0.15, -0.1) is 0 Å². The number of carbonyl (C=O) groups is 1. The molecule has 3 saturated heterocycles. The van der Waals surface area contributed by atoms with Crippen LogP contribution in [-0.4, -0.2) is 101 Å². The van der Waals surface area contributed by atoms with Crippen LogP contribution in [0.2, 0.25) is 0 Å². The number of carbonyl (C=O) groups excluding carboxylic acids is 1. The van der Waals surface area contributed by atoms with Gasteiger partial charge in [-0.1, -0.05) is 34.6 Å². The number of nitrogens with one attached hydrogen (secondary N) is 1. The zero-order chi connectivity index (χ0) is 33.5. The molecule has 0 aromatic rings. The lowest BCUT2D eigenvalue weighted by molar-refractivity contribution is -0.250. The second-order valence-electron chi connectivity index (χ2n) is 19.2. The zero-order valence-corrected chi connectivity index (χ0v) is 30.0. The van der Waals surface area contributed by atoms with Gasteiger partial charge in [-0.2, -0.15) is 0 Å². The molecule has 1 amide bonds. The highest BCUT2D eigenvalue weighted by atomic mass is 16.7. The lowest BCUT2D eigenvalue weighted by Gasteiger charge is -2.64. The Balaban J connectivity index is 1.02. The van der Waals surface area contributed by atoms with Crippen molar-refractivity contribution in [3.63, 3.8) is 0 Å². The van der Waals surface area contributed by atoms with Crippen molar-refractivity contribution < 1.29 is 34.3 Å². The monoisotopic (exact) mass is 658 g/mol. The highest BCUT2D eigenvalue weighted by Crippen LogP contribution is 2.89. The van der Waals surface area contributed by atoms with E-state index in [1.165, 1.54) is 19.3 Å². The minimum absolute atomic E-state index is 0.00507. The third-order valence-electron chi connectivity index (χ3n) is 16.7. The predicted octanol–water partition coefficient (Wildman–Crippen LogP) is 3.86. The van der Waals surface area contributed by atoms with Crippen LogP contribution in [0, 0.1) is 50.7 Å². The molecule has 9 nitrogen and oxygen atoms in total. The largest absolute Gasteiger partial charge is 0.390 e. The molecule has 0 aromatic heterocycles. The maximum absolute atomic E-state index is 12.4. The topological polar surface area (TPSA) is 121 Å². The minimum atomic E-state index is -1.26. The van der Waals surface area contributed by atoms with Crippen molar-refractivity contribution in [2.75, 3.05) is 26.2 Å². The molecular weight excluding hydrogens is 596 g/mol. The molecule has 6 unspecified atom stereocenters. The normalized spacial score (nSPS) is 54.4. The van der Waals surface area contributed by atoms with E-state index in [-0.39, 0.29) is 58.0 Å². The van der Waals surface area contributed by atoms with Gasteiger partial charge in [0.05, 0.1) is 49.2 Å². The van der Waals surface area contributed by atoms with Crippen molar-refractivity contribution in [1.29, 1.82) is 0 Å². The van der Waals surface area contributed by atoms with E-state index < -0.39 is 23.9 Å². The Morgan fingerprint density at radius 2 is 1.77 bits per heavy atom. The standard InChI is InChI=1S/C38H62N2O7/c1-21-18-23(30(41)34(4,5)44)46-29-28(21)35(6)13-14-38-20-37(38)12-10-26(33(2,3)24(37)8-9-25(38)36(35,7)31(29)42)47-27-19-40(16-17-45-27)22-11-15-39-32(22)43/h21-31,41-42,44H,8-20H2,1-7H3,(H,39,43)/t21?,22-,23?,24+,25+,26+,27?,28?,29?,30+,31+,35-,36-,37-,38?/m1/s1. The number of nitrogens with zero attached hydrogens (tertiary/aromatic N) is 1. The maximum atomic E-state index is 12.4.